The zero-order chi connectivity index (χ0) is 19.8. The number of aromatic nitrogens is 2. The number of imidazole rings is 1. The second kappa shape index (κ2) is 7.12. The minimum atomic E-state index is -0.434. The van der Waals surface area contributed by atoms with E-state index in [2.05, 4.69) is 15.3 Å². The summed E-state index contributed by atoms with van der Waals surface area (Å²) in [5.74, 6) is 1.55. The predicted molar refractivity (Wildman–Crippen MR) is 111 cm³/mol. The second-order valence-corrected chi connectivity index (χ2v) is 7.22. The van der Waals surface area contributed by atoms with E-state index in [0.29, 0.717) is 17.7 Å². The first-order valence-electron chi connectivity index (χ1n) is 9.77. The number of fused-ring (bicyclic) bond motifs is 3. The van der Waals surface area contributed by atoms with Crippen molar-refractivity contribution in [3.8, 4) is 5.75 Å². The standard InChI is InChI=1S/C21H22N6O2/c22-20-24-19(27-16-9-3-2-8-15(16)23-21(27)25-20)14-7-1-4-10-17(14)29-13-18(28)26-11-5-6-12-26/h1-4,7-10,19H,5-6,11-13H2,(H3,22,23,24,25)/t19-/m0/s1. The smallest absolute Gasteiger partial charge is 0.260 e. The van der Waals surface area contributed by atoms with Gasteiger partial charge in [0, 0.05) is 18.7 Å². The summed E-state index contributed by atoms with van der Waals surface area (Å²) in [7, 11) is 0. The van der Waals surface area contributed by atoms with Gasteiger partial charge in [0.25, 0.3) is 5.91 Å². The molecule has 1 saturated heterocycles. The molecule has 29 heavy (non-hydrogen) atoms. The number of nitrogens with one attached hydrogen (secondary N) is 1. The molecular formula is C21H22N6O2. The van der Waals surface area contributed by atoms with Crippen molar-refractivity contribution in [3.05, 3.63) is 54.1 Å². The molecule has 8 nitrogen and oxygen atoms in total. The number of nitrogens with two attached hydrogens (primary N) is 1. The molecule has 0 spiro atoms. The first kappa shape index (κ1) is 17.5. The summed E-state index contributed by atoms with van der Waals surface area (Å²) in [6.07, 6.45) is 1.68. The zero-order valence-electron chi connectivity index (χ0n) is 15.9. The second-order valence-electron chi connectivity index (χ2n) is 7.22. The average Bonchev–Trinajstić information content (AvgIpc) is 3.39. The number of ether oxygens (including phenoxy) is 1. The fraction of sp³-hybridized carbons (Fsp3) is 0.286. The molecule has 0 radical (unpaired) electrons. The van der Waals surface area contributed by atoms with Crippen molar-refractivity contribution in [2.75, 3.05) is 25.0 Å². The molecular weight excluding hydrogens is 368 g/mol. The van der Waals surface area contributed by atoms with Crippen LogP contribution in [0.2, 0.25) is 0 Å². The van der Waals surface area contributed by atoms with Crippen molar-refractivity contribution in [1.82, 2.24) is 14.5 Å². The van der Waals surface area contributed by atoms with Gasteiger partial charge in [-0.1, -0.05) is 30.3 Å². The number of amides is 1. The Hall–Kier alpha value is -3.55. The van der Waals surface area contributed by atoms with Crippen LogP contribution in [0.1, 0.15) is 24.6 Å². The Labute approximate surface area is 168 Å². The summed E-state index contributed by atoms with van der Waals surface area (Å²) < 4.78 is 7.94. The molecule has 1 fully saturated rings. The van der Waals surface area contributed by atoms with Crippen molar-refractivity contribution in [2.45, 2.75) is 19.0 Å². The van der Waals surface area contributed by atoms with E-state index in [1.165, 1.54) is 0 Å². The van der Waals surface area contributed by atoms with Crippen LogP contribution in [0.15, 0.2) is 53.5 Å². The van der Waals surface area contributed by atoms with E-state index in [0.717, 1.165) is 42.5 Å². The number of para-hydroxylation sites is 3. The van der Waals surface area contributed by atoms with Gasteiger partial charge in [-0.2, -0.15) is 0 Å². The van der Waals surface area contributed by atoms with Crippen molar-refractivity contribution in [1.29, 1.82) is 0 Å². The molecule has 2 aromatic carbocycles. The Balaban J connectivity index is 1.50. The van der Waals surface area contributed by atoms with Crippen LogP contribution >= 0.6 is 0 Å². The number of guanidine groups is 1. The Bertz CT molecular complexity index is 1100. The minimum absolute atomic E-state index is 0.0126. The number of benzene rings is 2. The maximum atomic E-state index is 12.4. The first-order chi connectivity index (χ1) is 14.2. The summed E-state index contributed by atoms with van der Waals surface area (Å²) >= 11 is 0. The number of rotatable bonds is 4. The van der Waals surface area contributed by atoms with Crippen LogP contribution in [0.5, 0.6) is 5.75 Å². The van der Waals surface area contributed by atoms with E-state index in [1.54, 1.807) is 0 Å². The highest BCUT2D eigenvalue weighted by Gasteiger charge is 2.27. The third-order valence-corrected chi connectivity index (χ3v) is 5.35. The predicted octanol–water partition coefficient (Wildman–Crippen LogP) is 2.32. The van der Waals surface area contributed by atoms with E-state index in [4.69, 9.17) is 10.5 Å². The molecule has 0 aliphatic carbocycles. The maximum absolute atomic E-state index is 12.4. The van der Waals surface area contributed by atoms with Crippen molar-refractivity contribution < 1.29 is 9.53 Å². The summed E-state index contributed by atoms with van der Waals surface area (Å²) in [4.78, 5) is 23.5. The summed E-state index contributed by atoms with van der Waals surface area (Å²) in [6.45, 7) is 1.63. The number of likely N-dealkylation sites (tertiary alicyclic amines) is 1. The molecule has 5 rings (SSSR count). The van der Waals surface area contributed by atoms with Crippen LogP contribution in [-0.4, -0.2) is 46.0 Å². The van der Waals surface area contributed by atoms with Gasteiger partial charge >= 0.3 is 0 Å². The van der Waals surface area contributed by atoms with Crippen LogP contribution in [0.4, 0.5) is 5.95 Å². The summed E-state index contributed by atoms with van der Waals surface area (Å²) in [5.41, 5.74) is 8.67. The van der Waals surface area contributed by atoms with E-state index in [-0.39, 0.29) is 12.5 Å². The molecule has 3 N–H and O–H groups in total. The fourth-order valence-electron chi connectivity index (χ4n) is 3.95. The van der Waals surface area contributed by atoms with Crippen molar-refractivity contribution in [3.63, 3.8) is 0 Å². The van der Waals surface area contributed by atoms with Gasteiger partial charge in [0.15, 0.2) is 18.7 Å². The van der Waals surface area contributed by atoms with Gasteiger partial charge < -0.3 is 15.4 Å². The number of hydrogen-bond acceptors (Lipinski definition) is 6. The van der Waals surface area contributed by atoms with Crippen molar-refractivity contribution in [2.24, 2.45) is 10.7 Å². The number of carbonyl (C=O) groups is 1. The molecule has 148 valence electrons. The molecule has 3 aromatic rings. The lowest BCUT2D eigenvalue weighted by atomic mass is 10.1. The van der Waals surface area contributed by atoms with Gasteiger partial charge in [0.2, 0.25) is 5.95 Å². The van der Waals surface area contributed by atoms with E-state index >= 15 is 0 Å². The van der Waals surface area contributed by atoms with Gasteiger partial charge in [-0.25, -0.2) is 9.98 Å². The molecule has 1 amide bonds. The fourth-order valence-corrected chi connectivity index (χ4v) is 3.95. The van der Waals surface area contributed by atoms with Crippen LogP contribution < -0.4 is 15.8 Å². The van der Waals surface area contributed by atoms with Gasteiger partial charge in [-0.15, -0.1) is 0 Å². The Morgan fingerprint density at radius 2 is 1.90 bits per heavy atom. The number of hydrogen-bond donors (Lipinski definition) is 2. The van der Waals surface area contributed by atoms with Gasteiger partial charge in [0.1, 0.15) is 5.75 Å². The topological polar surface area (TPSA) is 97.8 Å². The largest absolute Gasteiger partial charge is 0.483 e. The zero-order valence-corrected chi connectivity index (χ0v) is 15.9. The van der Waals surface area contributed by atoms with Gasteiger partial charge in [0.05, 0.1) is 11.0 Å². The van der Waals surface area contributed by atoms with E-state index < -0.39 is 6.17 Å². The Morgan fingerprint density at radius 1 is 1.14 bits per heavy atom. The summed E-state index contributed by atoms with van der Waals surface area (Å²) in [6, 6.07) is 15.5. The molecule has 2 aliphatic heterocycles. The van der Waals surface area contributed by atoms with Gasteiger partial charge in [-0.3, -0.25) is 14.7 Å². The molecule has 0 unspecified atom stereocenters. The normalized spacial score (nSPS) is 18.3. The first-order valence-corrected chi connectivity index (χ1v) is 9.77. The minimum Gasteiger partial charge on any atom is -0.483 e. The molecule has 3 heterocycles. The molecule has 1 aromatic heterocycles. The van der Waals surface area contributed by atoms with Crippen LogP contribution in [0.3, 0.4) is 0 Å². The lowest BCUT2D eigenvalue weighted by Crippen LogP contribution is -2.33. The van der Waals surface area contributed by atoms with Crippen LogP contribution in [-0.2, 0) is 4.79 Å². The molecule has 8 heteroatoms. The molecule has 0 bridgehead atoms. The molecule has 1 atom stereocenters. The number of anilines is 1. The third kappa shape index (κ3) is 3.16. The maximum Gasteiger partial charge on any atom is 0.260 e. The Morgan fingerprint density at radius 3 is 2.76 bits per heavy atom. The number of aliphatic imine (C=N–C) groups is 1. The number of nitrogens with zero attached hydrogens (tertiary/aromatic N) is 4. The quantitative estimate of drug-likeness (QED) is 0.713. The van der Waals surface area contributed by atoms with Crippen LogP contribution in [0, 0.1) is 0 Å². The highest BCUT2D eigenvalue weighted by atomic mass is 16.5. The average molecular weight is 390 g/mol. The highest BCUT2D eigenvalue weighted by Crippen LogP contribution is 2.36. The lowest BCUT2D eigenvalue weighted by molar-refractivity contribution is -0.132. The molecule has 0 saturated carbocycles. The number of carbonyl (C=O) groups excluding carboxylic acids is 1. The lowest BCUT2D eigenvalue weighted by Gasteiger charge is -2.25. The van der Waals surface area contributed by atoms with Gasteiger partial charge in [-0.05, 0) is 31.0 Å². The third-order valence-electron chi connectivity index (χ3n) is 5.35. The van der Waals surface area contributed by atoms with Crippen LogP contribution in [0.25, 0.3) is 11.0 Å². The van der Waals surface area contributed by atoms with E-state index in [1.807, 2.05) is 58.0 Å². The monoisotopic (exact) mass is 390 g/mol. The van der Waals surface area contributed by atoms with E-state index in [9.17, 15) is 4.79 Å². The summed E-state index contributed by atoms with van der Waals surface area (Å²) in [5, 5.41) is 3.03. The SMILES string of the molecule is NC1=N[C@H](c2ccccc2OCC(=O)N2CCCC2)n2c(nc3ccccc32)N1. The molecule has 2 aliphatic rings. The van der Waals surface area contributed by atoms with Crippen molar-refractivity contribution >= 4 is 28.8 Å². The Kier molecular flexibility index (Phi) is 4.31. The highest BCUT2D eigenvalue weighted by molar-refractivity contribution is 5.94.